The third kappa shape index (κ3) is 3.16. The van der Waals surface area contributed by atoms with Crippen molar-refractivity contribution in [3.8, 4) is 0 Å². The fourth-order valence-corrected chi connectivity index (χ4v) is 2.02. The molecule has 1 aromatic carbocycles. The summed E-state index contributed by atoms with van der Waals surface area (Å²) in [4.78, 5) is 15.2. The van der Waals surface area contributed by atoms with E-state index in [0.29, 0.717) is 11.5 Å². The summed E-state index contributed by atoms with van der Waals surface area (Å²) in [5.41, 5.74) is 7.92. The van der Waals surface area contributed by atoms with Crippen LogP contribution in [0.2, 0.25) is 0 Å². The highest BCUT2D eigenvalue weighted by Crippen LogP contribution is 2.17. The molecule has 0 radical (unpaired) electrons. The van der Waals surface area contributed by atoms with Gasteiger partial charge in [0, 0.05) is 22.8 Å². The minimum Gasteiger partial charge on any atom is -0.360 e. The Hall–Kier alpha value is -2.23. The van der Waals surface area contributed by atoms with Crippen LogP contribution in [-0.4, -0.2) is 10.9 Å². The molecule has 0 saturated heterocycles. The molecule has 0 spiro atoms. The standard InChI is InChI=1S/C15H19N3O/c1-10(2)8-11(3)17-18-15(19)13-9-16-14-7-5-4-6-12(13)14/h4-7,9-10,16-17H,3,8H2,1-2H3,(H,18,19). The summed E-state index contributed by atoms with van der Waals surface area (Å²) in [6.07, 6.45) is 2.54. The Labute approximate surface area is 112 Å². The Balaban J connectivity index is 2.02. The van der Waals surface area contributed by atoms with Crippen molar-refractivity contribution in [2.45, 2.75) is 20.3 Å². The maximum atomic E-state index is 12.1. The van der Waals surface area contributed by atoms with Gasteiger partial charge in [-0.05, 0) is 18.4 Å². The van der Waals surface area contributed by atoms with Crippen molar-refractivity contribution in [2.75, 3.05) is 0 Å². The number of carbonyl (C=O) groups excluding carboxylic acids is 1. The highest BCUT2D eigenvalue weighted by Gasteiger charge is 2.11. The molecule has 0 unspecified atom stereocenters. The average molecular weight is 257 g/mol. The largest absolute Gasteiger partial charge is 0.360 e. The summed E-state index contributed by atoms with van der Waals surface area (Å²) in [5, 5.41) is 0.913. The van der Waals surface area contributed by atoms with Gasteiger partial charge in [-0.2, -0.15) is 0 Å². The van der Waals surface area contributed by atoms with Crippen LogP contribution in [0.15, 0.2) is 42.7 Å². The number of carbonyl (C=O) groups is 1. The number of amides is 1. The topological polar surface area (TPSA) is 56.9 Å². The first-order valence-corrected chi connectivity index (χ1v) is 6.38. The number of rotatable bonds is 5. The minimum absolute atomic E-state index is 0.164. The smallest absolute Gasteiger partial charge is 0.271 e. The molecule has 100 valence electrons. The second-order valence-electron chi connectivity index (χ2n) is 5.03. The number of aromatic amines is 1. The SMILES string of the molecule is C=C(CC(C)C)NNC(=O)c1c[nH]c2ccccc12. The molecule has 4 nitrogen and oxygen atoms in total. The van der Waals surface area contributed by atoms with Gasteiger partial charge in [-0.15, -0.1) is 0 Å². The van der Waals surface area contributed by atoms with Gasteiger partial charge in [0.2, 0.25) is 0 Å². The number of hydrazine groups is 1. The molecule has 3 N–H and O–H groups in total. The number of aromatic nitrogens is 1. The first-order chi connectivity index (χ1) is 9.08. The van der Waals surface area contributed by atoms with Crippen molar-refractivity contribution in [3.05, 3.63) is 48.3 Å². The van der Waals surface area contributed by atoms with Crippen LogP contribution in [0.1, 0.15) is 30.6 Å². The van der Waals surface area contributed by atoms with Gasteiger partial charge in [-0.25, -0.2) is 0 Å². The van der Waals surface area contributed by atoms with E-state index in [1.165, 1.54) is 0 Å². The lowest BCUT2D eigenvalue weighted by atomic mass is 10.1. The van der Waals surface area contributed by atoms with Crippen molar-refractivity contribution < 1.29 is 4.79 Å². The first-order valence-electron chi connectivity index (χ1n) is 6.38. The predicted octanol–water partition coefficient (Wildman–Crippen LogP) is 2.96. The molecule has 1 amide bonds. The molecule has 0 aliphatic carbocycles. The van der Waals surface area contributed by atoms with Gasteiger partial charge in [-0.1, -0.05) is 38.6 Å². The summed E-state index contributed by atoms with van der Waals surface area (Å²) in [5.74, 6) is 0.340. The van der Waals surface area contributed by atoms with E-state index in [1.807, 2.05) is 24.3 Å². The van der Waals surface area contributed by atoms with Gasteiger partial charge >= 0.3 is 0 Å². The first kappa shape index (κ1) is 13.2. The van der Waals surface area contributed by atoms with Crippen molar-refractivity contribution in [3.63, 3.8) is 0 Å². The molecule has 0 atom stereocenters. The molecule has 2 aromatic rings. The lowest BCUT2D eigenvalue weighted by Gasteiger charge is -2.12. The van der Waals surface area contributed by atoms with Crippen LogP contribution in [-0.2, 0) is 0 Å². The summed E-state index contributed by atoms with van der Waals surface area (Å²) in [7, 11) is 0. The Morgan fingerprint density at radius 1 is 1.32 bits per heavy atom. The molecule has 0 fully saturated rings. The molecule has 4 heteroatoms. The Bertz CT molecular complexity index is 598. The molecule has 0 bridgehead atoms. The monoisotopic (exact) mass is 257 g/mol. The predicted molar refractivity (Wildman–Crippen MR) is 77.5 cm³/mol. The van der Waals surface area contributed by atoms with E-state index in [1.54, 1.807) is 6.20 Å². The maximum Gasteiger partial charge on any atom is 0.271 e. The number of nitrogens with one attached hydrogen (secondary N) is 3. The van der Waals surface area contributed by atoms with Crippen LogP contribution in [0.4, 0.5) is 0 Å². The quantitative estimate of drug-likeness (QED) is 0.721. The third-order valence-electron chi connectivity index (χ3n) is 2.84. The highest BCUT2D eigenvalue weighted by atomic mass is 16.2. The maximum absolute atomic E-state index is 12.1. The molecule has 1 heterocycles. The minimum atomic E-state index is -0.164. The zero-order chi connectivity index (χ0) is 13.8. The third-order valence-corrected chi connectivity index (χ3v) is 2.84. The van der Waals surface area contributed by atoms with Crippen molar-refractivity contribution in [2.24, 2.45) is 5.92 Å². The molecule has 19 heavy (non-hydrogen) atoms. The zero-order valence-corrected chi connectivity index (χ0v) is 11.3. The van der Waals surface area contributed by atoms with E-state index in [2.05, 4.69) is 36.3 Å². The van der Waals surface area contributed by atoms with E-state index in [-0.39, 0.29) is 5.91 Å². The molecule has 0 aliphatic rings. The normalized spacial score (nSPS) is 10.7. The molecule has 0 aliphatic heterocycles. The Morgan fingerprint density at radius 2 is 2.05 bits per heavy atom. The molecular weight excluding hydrogens is 238 g/mol. The second kappa shape index (κ2) is 5.61. The Morgan fingerprint density at radius 3 is 2.79 bits per heavy atom. The molecular formula is C15H19N3O. The summed E-state index contributed by atoms with van der Waals surface area (Å²) < 4.78 is 0. The van der Waals surface area contributed by atoms with E-state index in [9.17, 15) is 4.79 Å². The van der Waals surface area contributed by atoms with Crippen molar-refractivity contribution in [1.29, 1.82) is 0 Å². The molecule has 0 saturated carbocycles. The molecule has 2 rings (SSSR count). The van der Waals surface area contributed by atoms with Gasteiger partial charge in [0.1, 0.15) is 0 Å². The number of benzene rings is 1. The van der Waals surface area contributed by atoms with Crippen molar-refractivity contribution in [1.82, 2.24) is 15.8 Å². The Kier molecular flexibility index (Phi) is 3.90. The number of allylic oxidation sites excluding steroid dienone is 1. The van der Waals surface area contributed by atoms with Gasteiger partial charge in [0.25, 0.3) is 5.91 Å². The van der Waals surface area contributed by atoms with E-state index in [4.69, 9.17) is 0 Å². The second-order valence-corrected chi connectivity index (χ2v) is 5.03. The summed E-state index contributed by atoms with van der Waals surface area (Å²) >= 11 is 0. The van der Waals surface area contributed by atoms with E-state index in [0.717, 1.165) is 23.0 Å². The number of para-hydroxylation sites is 1. The lowest BCUT2D eigenvalue weighted by molar-refractivity contribution is 0.0939. The van der Waals surface area contributed by atoms with Crippen molar-refractivity contribution >= 4 is 16.8 Å². The number of hydrogen-bond acceptors (Lipinski definition) is 2. The van der Waals surface area contributed by atoms with Crippen LogP contribution >= 0.6 is 0 Å². The van der Waals surface area contributed by atoms with E-state index < -0.39 is 0 Å². The fraction of sp³-hybridized carbons (Fsp3) is 0.267. The number of H-pyrrole nitrogens is 1. The van der Waals surface area contributed by atoms with Crippen LogP contribution in [0, 0.1) is 5.92 Å². The van der Waals surface area contributed by atoms with Gasteiger partial charge in [0.15, 0.2) is 0 Å². The summed E-state index contributed by atoms with van der Waals surface area (Å²) in [6.45, 7) is 8.09. The zero-order valence-electron chi connectivity index (χ0n) is 11.3. The van der Waals surface area contributed by atoms with E-state index >= 15 is 0 Å². The average Bonchev–Trinajstić information content (AvgIpc) is 2.79. The lowest BCUT2D eigenvalue weighted by Crippen LogP contribution is -2.36. The van der Waals surface area contributed by atoms with Crippen LogP contribution < -0.4 is 10.9 Å². The van der Waals surface area contributed by atoms with Crippen LogP contribution in [0.25, 0.3) is 10.9 Å². The van der Waals surface area contributed by atoms with Gasteiger partial charge < -0.3 is 10.4 Å². The van der Waals surface area contributed by atoms with Gasteiger partial charge in [-0.3, -0.25) is 10.2 Å². The van der Waals surface area contributed by atoms with Gasteiger partial charge in [0.05, 0.1) is 5.56 Å². The summed E-state index contributed by atoms with van der Waals surface area (Å²) in [6, 6.07) is 7.71. The number of fused-ring (bicyclic) bond motifs is 1. The fourth-order valence-electron chi connectivity index (χ4n) is 2.02. The number of hydrogen-bond donors (Lipinski definition) is 3. The highest BCUT2D eigenvalue weighted by molar-refractivity contribution is 6.06. The van der Waals surface area contributed by atoms with Crippen LogP contribution in [0.5, 0.6) is 0 Å². The van der Waals surface area contributed by atoms with Crippen LogP contribution in [0.3, 0.4) is 0 Å². The molecule has 1 aromatic heterocycles.